The van der Waals surface area contributed by atoms with Crippen molar-refractivity contribution >= 4 is 0 Å². The van der Waals surface area contributed by atoms with Crippen LogP contribution in [0.5, 0.6) is 0 Å². The molecule has 2 atom stereocenters. The molecule has 2 N–H and O–H groups in total. The van der Waals surface area contributed by atoms with Crippen molar-refractivity contribution in [2.45, 2.75) is 56.9 Å². The summed E-state index contributed by atoms with van der Waals surface area (Å²) >= 11 is 0. The van der Waals surface area contributed by atoms with Crippen molar-refractivity contribution in [3.63, 3.8) is 0 Å². The van der Waals surface area contributed by atoms with Crippen LogP contribution in [0.4, 0.5) is 0 Å². The maximum atomic E-state index is 3.35. The van der Waals surface area contributed by atoms with Crippen LogP contribution in [-0.2, 0) is 0 Å². The molecule has 19 heavy (non-hydrogen) atoms. The molecular formula is C16H34N3+. The Labute approximate surface area is 119 Å². The summed E-state index contributed by atoms with van der Waals surface area (Å²) in [5.74, 6) is 0. The molecule has 2 unspecified atom stereocenters. The van der Waals surface area contributed by atoms with Crippen LogP contribution in [0, 0.1) is 0 Å². The molecule has 3 nitrogen and oxygen atoms in total. The summed E-state index contributed by atoms with van der Waals surface area (Å²) in [5, 5.41) is 3.35. The highest BCUT2D eigenvalue weighted by atomic mass is 15.3. The molecular weight excluding hydrogens is 234 g/mol. The zero-order valence-corrected chi connectivity index (χ0v) is 13.1. The van der Waals surface area contributed by atoms with Crippen LogP contribution < -0.4 is 10.2 Å². The fourth-order valence-electron chi connectivity index (χ4n) is 3.83. The first kappa shape index (κ1) is 15.3. The third-order valence-electron chi connectivity index (χ3n) is 5.28. The lowest BCUT2D eigenvalue weighted by molar-refractivity contribution is -0.983. The highest BCUT2D eigenvalue weighted by Gasteiger charge is 2.51. The second-order valence-corrected chi connectivity index (χ2v) is 6.95. The van der Waals surface area contributed by atoms with Gasteiger partial charge in [0.25, 0.3) is 0 Å². The van der Waals surface area contributed by atoms with Gasteiger partial charge in [-0.3, -0.25) is 0 Å². The molecule has 112 valence electrons. The van der Waals surface area contributed by atoms with Gasteiger partial charge in [-0.1, -0.05) is 12.8 Å². The number of hydrogen-bond donors (Lipinski definition) is 2. The standard InChI is InChI=1S/C10H20N2.C6H13N/c1-11(2)8-5-10-4-3-7-12(10)9-6-10;1-2-4-6-7-5-3-1/h3-9H2,1-2H3;7H,1-6H2/p+1. The second kappa shape index (κ2) is 7.61. The molecule has 3 heterocycles. The molecule has 0 saturated carbocycles. The van der Waals surface area contributed by atoms with E-state index in [1.54, 1.807) is 0 Å². The van der Waals surface area contributed by atoms with Gasteiger partial charge < -0.3 is 15.1 Å². The Morgan fingerprint density at radius 3 is 2.21 bits per heavy atom. The second-order valence-electron chi connectivity index (χ2n) is 6.95. The molecule has 0 aromatic carbocycles. The van der Waals surface area contributed by atoms with Crippen molar-refractivity contribution in [1.29, 1.82) is 0 Å². The van der Waals surface area contributed by atoms with Crippen LogP contribution in [0.15, 0.2) is 0 Å². The van der Waals surface area contributed by atoms with Crippen molar-refractivity contribution in [3.05, 3.63) is 0 Å². The average Bonchev–Trinajstić information content (AvgIpc) is 2.63. The van der Waals surface area contributed by atoms with Crippen molar-refractivity contribution < 1.29 is 4.90 Å². The SMILES string of the molecule is C1CCCNCC1.CN(C)CCC12CCC[NH+]1CC2. The summed E-state index contributed by atoms with van der Waals surface area (Å²) in [6.07, 6.45) is 11.5. The maximum absolute atomic E-state index is 3.35. The van der Waals surface area contributed by atoms with E-state index in [1.807, 2.05) is 4.90 Å². The highest BCUT2D eigenvalue weighted by molar-refractivity contribution is 4.88. The Morgan fingerprint density at radius 2 is 1.68 bits per heavy atom. The zero-order chi connectivity index (χ0) is 13.6. The first-order valence-corrected chi connectivity index (χ1v) is 8.44. The van der Waals surface area contributed by atoms with Gasteiger partial charge in [-0.25, -0.2) is 0 Å². The molecule has 3 fully saturated rings. The Hall–Kier alpha value is -0.120. The van der Waals surface area contributed by atoms with Crippen molar-refractivity contribution in [3.8, 4) is 0 Å². The number of nitrogens with one attached hydrogen (secondary N) is 2. The van der Waals surface area contributed by atoms with E-state index in [-0.39, 0.29) is 0 Å². The Bertz CT molecular complexity index is 235. The molecule has 0 aromatic rings. The molecule has 3 saturated heterocycles. The van der Waals surface area contributed by atoms with Gasteiger partial charge in [-0.2, -0.15) is 0 Å². The topological polar surface area (TPSA) is 19.7 Å². The Balaban J connectivity index is 0.000000163. The number of rotatable bonds is 3. The smallest absolute Gasteiger partial charge is 0.105 e. The first-order chi connectivity index (χ1) is 9.23. The van der Waals surface area contributed by atoms with Crippen LogP contribution in [-0.4, -0.2) is 57.3 Å². The van der Waals surface area contributed by atoms with Crippen LogP contribution in [0.3, 0.4) is 0 Å². The van der Waals surface area contributed by atoms with E-state index in [4.69, 9.17) is 0 Å². The van der Waals surface area contributed by atoms with Gasteiger partial charge in [-0.15, -0.1) is 0 Å². The van der Waals surface area contributed by atoms with E-state index in [0.29, 0.717) is 0 Å². The molecule has 0 aromatic heterocycles. The quantitative estimate of drug-likeness (QED) is 0.793. The van der Waals surface area contributed by atoms with Crippen LogP contribution >= 0.6 is 0 Å². The number of fused-ring (bicyclic) bond motifs is 1. The lowest BCUT2D eigenvalue weighted by Crippen LogP contribution is -3.24. The van der Waals surface area contributed by atoms with Gasteiger partial charge in [-0.05, 0) is 40.0 Å². The lowest BCUT2D eigenvalue weighted by atomic mass is 9.82. The minimum Gasteiger partial charge on any atom is -0.330 e. The number of quaternary nitrogens is 1. The summed E-state index contributed by atoms with van der Waals surface area (Å²) in [6.45, 7) is 6.68. The predicted molar refractivity (Wildman–Crippen MR) is 81.8 cm³/mol. The molecule has 3 aliphatic heterocycles. The van der Waals surface area contributed by atoms with E-state index in [2.05, 4.69) is 24.3 Å². The summed E-state index contributed by atoms with van der Waals surface area (Å²) < 4.78 is 0. The number of nitrogens with zero attached hydrogens (tertiary/aromatic N) is 1. The summed E-state index contributed by atoms with van der Waals surface area (Å²) in [6, 6.07) is 0. The van der Waals surface area contributed by atoms with Gasteiger partial charge in [0, 0.05) is 25.8 Å². The predicted octanol–water partition coefficient (Wildman–Crippen LogP) is 0.909. The molecule has 0 bridgehead atoms. The minimum absolute atomic E-state index is 0.740. The minimum atomic E-state index is 0.740. The van der Waals surface area contributed by atoms with Crippen LogP contribution in [0.1, 0.15) is 51.4 Å². The van der Waals surface area contributed by atoms with Crippen LogP contribution in [0.25, 0.3) is 0 Å². The van der Waals surface area contributed by atoms with Crippen molar-refractivity contribution in [1.82, 2.24) is 10.2 Å². The number of hydrogen-bond acceptors (Lipinski definition) is 2. The monoisotopic (exact) mass is 268 g/mol. The van der Waals surface area contributed by atoms with Gasteiger partial charge in [0.1, 0.15) is 5.54 Å². The largest absolute Gasteiger partial charge is 0.330 e. The van der Waals surface area contributed by atoms with E-state index in [9.17, 15) is 0 Å². The molecule has 3 aliphatic rings. The Kier molecular flexibility index (Phi) is 6.11. The van der Waals surface area contributed by atoms with E-state index in [0.717, 1.165) is 5.54 Å². The molecule has 0 amide bonds. The molecule has 3 rings (SSSR count). The third-order valence-corrected chi connectivity index (χ3v) is 5.28. The highest BCUT2D eigenvalue weighted by Crippen LogP contribution is 2.27. The van der Waals surface area contributed by atoms with Gasteiger partial charge >= 0.3 is 0 Å². The third kappa shape index (κ3) is 4.44. The van der Waals surface area contributed by atoms with Crippen LogP contribution in [0.2, 0.25) is 0 Å². The van der Waals surface area contributed by atoms with Gasteiger partial charge in [0.15, 0.2) is 0 Å². The summed E-state index contributed by atoms with van der Waals surface area (Å²) in [5.41, 5.74) is 0.740. The van der Waals surface area contributed by atoms with E-state index in [1.165, 1.54) is 84.1 Å². The molecule has 3 heteroatoms. The van der Waals surface area contributed by atoms with Gasteiger partial charge in [0.2, 0.25) is 0 Å². The van der Waals surface area contributed by atoms with E-state index < -0.39 is 0 Å². The fourth-order valence-corrected chi connectivity index (χ4v) is 3.83. The van der Waals surface area contributed by atoms with Gasteiger partial charge in [0.05, 0.1) is 19.5 Å². The molecule has 0 spiro atoms. The van der Waals surface area contributed by atoms with Crippen molar-refractivity contribution in [2.24, 2.45) is 0 Å². The molecule has 0 aliphatic carbocycles. The fraction of sp³-hybridized carbons (Fsp3) is 1.00. The zero-order valence-electron chi connectivity index (χ0n) is 13.1. The van der Waals surface area contributed by atoms with E-state index >= 15 is 0 Å². The molecule has 0 radical (unpaired) electrons. The lowest BCUT2D eigenvalue weighted by Gasteiger charge is -2.44. The first-order valence-electron chi connectivity index (χ1n) is 8.44. The Morgan fingerprint density at radius 1 is 0.947 bits per heavy atom. The maximum Gasteiger partial charge on any atom is 0.105 e. The average molecular weight is 268 g/mol. The van der Waals surface area contributed by atoms with Crippen molar-refractivity contribution in [2.75, 3.05) is 46.8 Å². The normalized spacial score (nSPS) is 33.9. The summed E-state index contributed by atoms with van der Waals surface area (Å²) in [4.78, 5) is 4.23. The summed E-state index contributed by atoms with van der Waals surface area (Å²) in [7, 11) is 4.37.